The average molecular weight is 277 g/mol. The third kappa shape index (κ3) is 3.11. The van der Waals surface area contributed by atoms with Gasteiger partial charge in [-0.05, 0) is 19.1 Å². The molecule has 20 heavy (non-hydrogen) atoms. The Balaban J connectivity index is 1.80. The highest BCUT2D eigenvalue weighted by Gasteiger charge is 2.44. The Morgan fingerprint density at radius 2 is 2.20 bits per heavy atom. The first-order chi connectivity index (χ1) is 9.54. The predicted molar refractivity (Wildman–Crippen MR) is 79.6 cm³/mol. The summed E-state index contributed by atoms with van der Waals surface area (Å²) in [6, 6.07) is 9.85. The summed E-state index contributed by atoms with van der Waals surface area (Å²) in [7, 11) is 2.01. The summed E-state index contributed by atoms with van der Waals surface area (Å²) in [5, 5.41) is 2.96. The molecule has 0 bridgehead atoms. The van der Waals surface area contributed by atoms with Crippen molar-refractivity contribution in [1.82, 2.24) is 5.32 Å². The molecular formula is C15H23N3O2. The number of nitrogens with one attached hydrogen (secondary N) is 1. The molecule has 1 aromatic carbocycles. The molecule has 2 unspecified atom stereocenters. The molecular weight excluding hydrogens is 254 g/mol. The summed E-state index contributed by atoms with van der Waals surface area (Å²) >= 11 is 0. The van der Waals surface area contributed by atoms with Gasteiger partial charge in [0.1, 0.15) is 0 Å². The lowest BCUT2D eigenvalue weighted by Crippen LogP contribution is -2.51. The third-order valence-corrected chi connectivity index (χ3v) is 3.97. The van der Waals surface area contributed by atoms with Crippen molar-refractivity contribution < 1.29 is 9.53 Å². The molecule has 5 nitrogen and oxygen atoms in total. The quantitative estimate of drug-likeness (QED) is 0.827. The second-order valence-corrected chi connectivity index (χ2v) is 5.55. The highest BCUT2D eigenvalue weighted by Crippen LogP contribution is 2.26. The van der Waals surface area contributed by atoms with Crippen LogP contribution in [0.25, 0.3) is 0 Å². The molecule has 110 valence electrons. The van der Waals surface area contributed by atoms with Crippen LogP contribution in [0.1, 0.15) is 6.92 Å². The predicted octanol–water partition coefficient (Wildman–Crippen LogP) is 0.603. The molecule has 2 rings (SSSR count). The molecule has 0 aromatic heterocycles. The van der Waals surface area contributed by atoms with Crippen molar-refractivity contribution in [2.45, 2.75) is 13.0 Å². The summed E-state index contributed by atoms with van der Waals surface area (Å²) in [5.74, 6) is -0.0241. The molecule has 1 aliphatic heterocycles. The molecule has 2 atom stereocenters. The molecule has 3 N–H and O–H groups in total. The standard InChI is InChI=1S/C15H23N3O2/c1-15(11-20-10-13(15)16)14(19)17-8-9-18(2)12-6-4-3-5-7-12/h3-7,13H,8-11,16H2,1-2H3,(H,17,19). The number of nitrogens with two attached hydrogens (primary N) is 1. The van der Waals surface area contributed by atoms with E-state index in [4.69, 9.17) is 10.5 Å². The van der Waals surface area contributed by atoms with Gasteiger partial charge in [0.2, 0.25) is 5.91 Å². The van der Waals surface area contributed by atoms with E-state index in [1.54, 1.807) is 0 Å². The molecule has 5 heteroatoms. The smallest absolute Gasteiger partial charge is 0.230 e. The maximum absolute atomic E-state index is 12.2. The van der Waals surface area contributed by atoms with Crippen molar-refractivity contribution in [3.8, 4) is 0 Å². The van der Waals surface area contributed by atoms with Crippen LogP contribution >= 0.6 is 0 Å². The van der Waals surface area contributed by atoms with Crippen LogP contribution in [-0.2, 0) is 9.53 Å². The third-order valence-electron chi connectivity index (χ3n) is 3.97. The zero-order chi connectivity index (χ0) is 14.6. The Bertz CT molecular complexity index is 452. The molecule has 0 radical (unpaired) electrons. The van der Waals surface area contributed by atoms with Crippen molar-refractivity contribution in [3.05, 3.63) is 30.3 Å². The first kappa shape index (κ1) is 14.8. The highest BCUT2D eigenvalue weighted by atomic mass is 16.5. The minimum Gasteiger partial charge on any atom is -0.379 e. The zero-order valence-corrected chi connectivity index (χ0v) is 12.1. The van der Waals surface area contributed by atoms with Crippen LogP contribution in [0.15, 0.2) is 30.3 Å². The summed E-state index contributed by atoms with van der Waals surface area (Å²) in [6.07, 6.45) is 0. The van der Waals surface area contributed by atoms with Gasteiger partial charge < -0.3 is 20.7 Å². The number of benzene rings is 1. The van der Waals surface area contributed by atoms with Gasteiger partial charge in [-0.2, -0.15) is 0 Å². The van der Waals surface area contributed by atoms with Gasteiger partial charge in [0.25, 0.3) is 0 Å². The van der Waals surface area contributed by atoms with Gasteiger partial charge >= 0.3 is 0 Å². The Morgan fingerprint density at radius 3 is 2.80 bits per heavy atom. The number of amides is 1. The fourth-order valence-corrected chi connectivity index (χ4v) is 2.27. The number of carbonyl (C=O) groups is 1. The molecule has 1 fully saturated rings. The summed E-state index contributed by atoms with van der Waals surface area (Å²) in [5.41, 5.74) is 6.47. The van der Waals surface area contributed by atoms with Gasteiger partial charge in [0, 0.05) is 31.9 Å². The van der Waals surface area contributed by atoms with Crippen LogP contribution in [0, 0.1) is 5.41 Å². The summed E-state index contributed by atoms with van der Waals surface area (Å²) in [6.45, 7) is 4.05. The molecule has 1 aliphatic rings. The van der Waals surface area contributed by atoms with Gasteiger partial charge in [-0.1, -0.05) is 18.2 Å². The number of carbonyl (C=O) groups excluding carboxylic acids is 1. The van der Waals surface area contributed by atoms with Crippen LogP contribution in [0.3, 0.4) is 0 Å². The number of likely N-dealkylation sites (N-methyl/N-ethyl adjacent to an activating group) is 1. The van der Waals surface area contributed by atoms with Gasteiger partial charge in [-0.25, -0.2) is 0 Å². The Morgan fingerprint density at radius 1 is 1.50 bits per heavy atom. The van der Waals surface area contributed by atoms with Crippen LogP contribution < -0.4 is 16.0 Å². The van der Waals surface area contributed by atoms with E-state index in [0.29, 0.717) is 19.8 Å². The molecule has 1 heterocycles. The van der Waals surface area contributed by atoms with E-state index >= 15 is 0 Å². The first-order valence-corrected chi connectivity index (χ1v) is 6.92. The normalized spacial score (nSPS) is 25.4. The van der Waals surface area contributed by atoms with Crippen molar-refractivity contribution >= 4 is 11.6 Å². The summed E-state index contributed by atoms with van der Waals surface area (Å²) in [4.78, 5) is 14.3. The molecule has 0 spiro atoms. The number of anilines is 1. The highest BCUT2D eigenvalue weighted by molar-refractivity contribution is 5.83. The van der Waals surface area contributed by atoms with Crippen molar-refractivity contribution in [2.24, 2.45) is 11.1 Å². The topological polar surface area (TPSA) is 67.6 Å². The van der Waals surface area contributed by atoms with Gasteiger partial charge in [0.05, 0.1) is 18.6 Å². The maximum Gasteiger partial charge on any atom is 0.230 e. The molecule has 1 saturated heterocycles. The first-order valence-electron chi connectivity index (χ1n) is 6.92. The number of para-hydroxylation sites is 1. The number of ether oxygens (including phenoxy) is 1. The minimum atomic E-state index is -0.606. The van der Waals surface area contributed by atoms with E-state index in [1.807, 2.05) is 44.3 Å². The van der Waals surface area contributed by atoms with E-state index in [1.165, 1.54) is 0 Å². The van der Waals surface area contributed by atoms with E-state index in [9.17, 15) is 4.79 Å². The molecule has 0 aliphatic carbocycles. The minimum absolute atomic E-state index is 0.0241. The monoisotopic (exact) mass is 277 g/mol. The maximum atomic E-state index is 12.2. The lowest BCUT2D eigenvalue weighted by Gasteiger charge is -2.26. The van der Waals surface area contributed by atoms with Crippen LogP contribution in [-0.4, -0.2) is 45.3 Å². The largest absolute Gasteiger partial charge is 0.379 e. The van der Waals surface area contributed by atoms with Crippen molar-refractivity contribution in [1.29, 1.82) is 0 Å². The van der Waals surface area contributed by atoms with E-state index in [0.717, 1.165) is 12.2 Å². The Labute approximate surface area is 120 Å². The fraction of sp³-hybridized carbons (Fsp3) is 0.533. The van der Waals surface area contributed by atoms with Crippen LogP contribution in [0.4, 0.5) is 5.69 Å². The number of nitrogens with zero attached hydrogens (tertiary/aromatic N) is 1. The SMILES string of the molecule is CN(CCNC(=O)C1(C)COCC1N)c1ccccc1. The number of rotatable bonds is 5. The average Bonchev–Trinajstić information content (AvgIpc) is 2.80. The van der Waals surface area contributed by atoms with E-state index in [-0.39, 0.29) is 11.9 Å². The van der Waals surface area contributed by atoms with Gasteiger partial charge in [0.15, 0.2) is 0 Å². The second kappa shape index (κ2) is 6.24. The molecule has 0 saturated carbocycles. The fourth-order valence-electron chi connectivity index (χ4n) is 2.27. The molecule has 1 aromatic rings. The molecule has 1 amide bonds. The van der Waals surface area contributed by atoms with Crippen LogP contribution in [0.5, 0.6) is 0 Å². The second-order valence-electron chi connectivity index (χ2n) is 5.55. The lowest BCUT2D eigenvalue weighted by molar-refractivity contribution is -0.130. The zero-order valence-electron chi connectivity index (χ0n) is 12.1. The van der Waals surface area contributed by atoms with Crippen LogP contribution in [0.2, 0.25) is 0 Å². The van der Waals surface area contributed by atoms with Crippen molar-refractivity contribution in [3.63, 3.8) is 0 Å². The number of hydrogen-bond donors (Lipinski definition) is 2. The Hall–Kier alpha value is -1.59. The number of hydrogen-bond acceptors (Lipinski definition) is 4. The van der Waals surface area contributed by atoms with E-state index in [2.05, 4.69) is 10.2 Å². The van der Waals surface area contributed by atoms with Crippen molar-refractivity contribution in [2.75, 3.05) is 38.3 Å². The van der Waals surface area contributed by atoms with Gasteiger partial charge in [-0.3, -0.25) is 4.79 Å². The van der Waals surface area contributed by atoms with Gasteiger partial charge in [-0.15, -0.1) is 0 Å². The Kier molecular flexibility index (Phi) is 4.62. The lowest BCUT2D eigenvalue weighted by atomic mass is 9.85. The summed E-state index contributed by atoms with van der Waals surface area (Å²) < 4.78 is 5.29. The van der Waals surface area contributed by atoms with E-state index < -0.39 is 5.41 Å².